The highest BCUT2D eigenvalue weighted by molar-refractivity contribution is 7.89. The largest absolute Gasteiger partial charge is 0.466 e. The standard InChI is InChI=1S/C25H32ClN5O4S/c1-4-7-21(25(32)35-5-2)23-17(3)28-22-13-14-27-31(22)24(23)30-15-6-8-19(16-30)29-36(33,34)20-11-9-18(26)10-12-20/h9-14,19,21,29H,4-8,15-16H2,1-3H3/t19-,21?/m1/s1. The molecule has 1 aliphatic rings. The summed E-state index contributed by atoms with van der Waals surface area (Å²) in [6.07, 6.45) is 4.56. The van der Waals surface area contributed by atoms with Gasteiger partial charge < -0.3 is 9.64 Å². The zero-order valence-corrected chi connectivity index (χ0v) is 22.3. The number of halogens is 1. The lowest BCUT2D eigenvalue weighted by Crippen LogP contribution is -2.48. The van der Waals surface area contributed by atoms with Gasteiger partial charge in [-0.15, -0.1) is 0 Å². The van der Waals surface area contributed by atoms with E-state index in [0.717, 1.165) is 29.9 Å². The summed E-state index contributed by atoms with van der Waals surface area (Å²) in [5, 5.41) is 4.98. The number of nitrogens with one attached hydrogen (secondary N) is 1. The molecule has 0 saturated carbocycles. The second kappa shape index (κ2) is 11.1. The molecule has 3 aromatic rings. The first kappa shape index (κ1) is 26.4. The highest BCUT2D eigenvalue weighted by atomic mass is 35.5. The Hall–Kier alpha value is -2.69. The summed E-state index contributed by atoms with van der Waals surface area (Å²) >= 11 is 5.93. The van der Waals surface area contributed by atoms with Crippen molar-refractivity contribution in [2.24, 2.45) is 0 Å². The molecule has 3 heterocycles. The van der Waals surface area contributed by atoms with Gasteiger partial charge in [-0.05, 0) is 57.4 Å². The molecule has 1 aromatic carbocycles. The molecule has 1 saturated heterocycles. The Bertz CT molecular complexity index is 1330. The maximum Gasteiger partial charge on any atom is 0.313 e. The molecule has 1 N–H and O–H groups in total. The van der Waals surface area contributed by atoms with Crippen LogP contribution in [-0.2, 0) is 19.6 Å². The van der Waals surface area contributed by atoms with Crippen molar-refractivity contribution in [2.75, 3.05) is 24.6 Å². The summed E-state index contributed by atoms with van der Waals surface area (Å²) in [6, 6.07) is 7.62. The van der Waals surface area contributed by atoms with Gasteiger partial charge in [0, 0.05) is 41.5 Å². The minimum Gasteiger partial charge on any atom is -0.466 e. The number of aromatic nitrogens is 3. The minimum atomic E-state index is -3.72. The number of fused-ring (bicyclic) bond motifs is 1. The van der Waals surface area contributed by atoms with E-state index in [1.807, 2.05) is 19.9 Å². The lowest BCUT2D eigenvalue weighted by molar-refractivity contribution is -0.145. The van der Waals surface area contributed by atoms with E-state index in [4.69, 9.17) is 21.3 Å². The zero-order valence-electron chi connectivity index (χ0n) is 20.8. The first-order valence-electron chi connectivity index (χ1n) is 12.3. The topological polar surface area (TPSA) is 106 Å². The van der Waals surface area contributed by atoms with Crippen LogP contribution in [0.5, 0.6) is 0 Å². The summed E-state index contributed by atoms with van der Waals surface area (Å²) in [4.78, 5) is 20.0. The van der Waals surface area contributed by atoms with Crippen LogP contribution in [0.15, 0.2) is 41.4 Å². The fourth-order valence-electron chi connectivity index (χ4n) is 4.84. The molecule has 4 rings (SSSR count). The monoisotopic (exact) mass is 533 g/mol. The summed E-state index contributed by atoms with van der Waals surface area (Å²) < 4.78 is 36.1. The number of hydrogen-bond acceptors (Lipinski definition) is 7. The molecule has 0 radical (unpaired) electrons. The smallest absolute Gasteiger partial charge is 0.313 e. The van der Waals surface area contributed by atoms with E-state index in [9.17, 15) is 13.2 Å². The van der Waals surface area contributed by atoms with Crippen LogP contribution in [0.25, 0.3) is 5.65 Å². The average molecular weight is 534 g/mol. The van der Waals surface area contributed by atoms with E-state index in [1.165, 1.54) is 12.1 Å². The van der Waals surface area contributed by atoms with Gasteiger partial charge in [0.15, 0.2) is 5.65 Å². The molecular formula is C25H32ClN5O4S. The number of carbonyl (C=O) groups excluding carboxylic acids is 1. The Morgan fingerprint density at radius 2 is 2.00 bits per heavy atom. The van der Waals surface area contributed by atoms with Gasteiger partial charge in [0.25, 0.3) is 0 Å². The van der Waals surface area contributed by atoms with E-state index in [-0.39, 0.29) is 16.9 Å². The number of piperidine rings is 1. The van der Waals surface area contributed by atoms with Crippen LogP contribution < -0.4 is 9.62 Å². The lowest BCUT2D eigenvalue weighted by atomic mass is 9.92. The number of carbonyl (C=O) groups is 1. The SMILES string of the molecule is CCCC(C(=O)OCC)c1c(C)nc2ccnn2c1N1CCC[C@@H](NS(=O)(=O)c2ccc(Cl)cc2)C1. The number of benzene rings is 1. The molecule has 0 bridgehead atoms. The average Bonchev–Trinajstić information content (AvgIpc) is 3.30. The van der Waals surface area contributed by atoms with Crippen LogP contribution in [-0.4, -0.2) is 54.7 Å². The van der Waals surface area contributed by atoms with E-state index >= 15 is 0 Å². The summed E-state index contributed by atoms with van der Waals surface area (Å²) in [5.41, 5.74) is 2.20. The molecule has 2 atom stereocenters. The van der Waals surface area contributed by atoms with Gasteiger partial charge in [-0.1, -0.05) is 24.9 Å². The first-order chi connectivity index (χ1) is 17.2. The number of rotatable bonds is 9. The van der Waals surface area contributed by atoms with Crippen molar-refractivity contribution in [1.82, 2.24) is 19.3 Å². The van der Waals surface area contributed by atoms with Gasteiger partial charge in [0.1, 0.15) is 5.82 Å². The fraction of sp³-hybridized carbons (Fsp3) is 0.480. The molecule has 1 fully saturated rings. The van der Waals surface area contributed by atoms with Crippen LogP contribution in [0.1, 0.15) is 56.7 Å². The first-order valence-corrected chi connectivity index (χ1v) is 14.1. The third kappa shape index (κ3) is 5.50. The van der Waals surface area contributed by atoms with Gasteiger partial charge in [0.05, 0.1) is 23.6 Å². The highest BCUT2D eigenvalue weighted by Gasteiger charge is 2.33. The molecule has 11 heteroatoms. The van der Waals surface area contributed by atoms with Gasteiger partial charge in [-0.2, -0.15) is 9.61 Å². The minimum absolute atomic E-state index is 0.171. The van der Waals surface area contributed by atoms with Crippen LogP contribution in [0.3, 0.4) is 0 Å². The Morgan fingerprint density at radius 1 is 1.25 bits per heavy atom. The quantitative estimate of drug-likeness (QED) is 0.413. The lowest BCUT2D eigenvalue weighted by Gasteiger charge is -2.36. The molecule has 0 amide bonds. The Kier molecular flexibility index (Phi) is 8.17. The molecule has 194 valence electrons. The molecule has 0 aliphatic carbocycles. The molecule has 2 aromatic heterocycles. The van der Waals surface area contributed by atoms with E-state index in [1.54, 1.807) is 29.8 Å². The highest BCUT2D eigenvalue weighted by Crippen LogP contribution is 2.35. The fourth-order valence-corrected chi connectivity index (χ4v) is 6.23. The molecule has 0 spiro atoms. The van der Waals surface area contributed by atoms with Gasteiger partial charge in [-0.25, -0.2) is 18.1 Å². The summed E-state index contributed by atoms with van der Waals surface area (Å²) in [5.74, 6) is -0.00409. The second-order valence-electron chi connectivity index (χ2n) is 8.99. The molecule has 36 heavy (non-hydrogen) atoms. The third-order valence-corrected chi connectivity index (χ3v) is 8.19. The van der Waals surface area contributed by atoms with Gasteiger partial charge in [0.2, 0.25) is 10.0 Å². The number of nitrogens with zero attached hydrogens (tertiary/aromatic N) is 4. The molecule has 9 nitrogen and oxygen atoms in total. The maximum atomic E-state index is 13.0. The van der Waals surface area contributed by atoms with Crippen molar-refractivity contribution < 1.29 is 17.9 Å². The van der Waals surface area contributed by atoms with Crippen molar-refractivity contribution in [3.05, 3.63) is 52.8 Å². The van der Waals surface area contributed by atoms with E-state index in [0.29, 0.717) is 43.2 Å². The van der Waals surface area contributed by atoms with Gasteiger partial charge in [-0.3, -0.25) is 4.79 Å². The van der Waals surface area contributed by atoms with Crippen LogP contribution in [0.2, 0.25) is 5.02 Å². The van der Waals surface area contributed by atoms with Crippen molar-refractivity contribution in [1.29, 1.82) is 0 Å². The van der Waals surface area contributed by atoms with Gasteiger partial charge >= 0.3 is 5.97 Å². The van der Waals surface area contributed by atoms with E-state index < -0.39 is 15.9 Å². The zero-order chi connectivity index (χ0) is 25.9. The predicted octanol–water partition coefficient (Wildman–Crippen LogP) is 4.09. The molecular weight excluding hydrogens is 502 g/mol. The number of sulfonamides is 1. The number of ether oxygens (including phenoxy) is 1. The Labute approximate surface area is 216 Å². The third-order valence-electron chi connectivity index (χ3n) is 6.40. The maximum absolute atomic E-state index is 13.0. The van der Waals surface area contributed by atoms with Crippen LogP contribution in [0, 0.1) is 6.92 Å². The van der Waals surface area contributed by atoms with E-state index in [2.05, 4.69) is 14.7 Å². The summed E-state index contributed by atoms with van der Waals surface area (Å²) in [7, 11) is -3.72. The Balaban J connectivity index is 1.71. The Morgan fingerprint density at radius 3 is 2.69 bits per heavy atom. The number of hydrogen-bond donors (Lipinski definition) is 1. The summed E-state index contributed by atoms with van der Waals surface area (Å²) in [6.45, 7) is 7.16. The van der Waals surface area contributed by atoms with Crippen LogP contribution >= 0.6 is 11.6 Å². The normalized spacial score (nSPS) is 17.3. The molecule has 1 aliphatic heterocycles. The van der Waals surface area contributed by atoms with Crippen molar-refractivity contribution in [2.45, 2.75) is 63.3 Å². The van der Waals surface area contributed by atoms with Crippen molar-refractivity contribution >= 4 is 39.1 Å². The predicted molar refractivity (Wildman–Crippen MR) is 139 cm³/mol. The number of aryl methyl sites for hydroxylation is 1. The number of esters is 1. The number of anilines is 1. The molecule has 1 unspecified atom stereocenters. The second-order valence-corrected chi connectivity index (χ2v) is 11.1. The van der Waals surface area contributed by atoms with Crippen LogP contribution in [0.4, 0.5) is 5.82 Å². The van der Waals surface area contributed by atoms with Crippen molar-refractivity contribution in [3.8, 4) is 0 Å². The van der Waals surface area contributed by atoms with Crippen molar-refractivity contribution in [3.63, 3.8) is 0 Å².